The number of thioether (sulfide) groups is 1. The molecule has 0 bridgehead atoms. The van der Waals surface area contributed by atoms with Crippen molar-refractivity contribution in [3.8, 4) is 11.3 Å². The fourth-order valence-corrected chi connectivity index (χ4v) is 4.37. The number of carbonyl (C=O) groups is 1. The third-order valence-corrected chi connectivity index (χ3v) is 5.72. The summed E-state index contributed by atoms with van der Waals surface area (Å²) in [7, 11) is 0. The second kappa shape index (κ2) is 6.59. The summed E-state index contributed by atoms with van der Waals surface area (Å²) in [6, 6.07) is 21.6. The predicted molar refractivity (Wildman–Crippen MR) is 110 cm³/mol. The number of hydrogen-bond donors (Lipinski definition) is 1. The zero-order valence-corrected chi connectivity index (χ0v) is 15.4. The van der Waals surface area contributed by atoms with Crippen molar-refractivity contribution >= 4 is 34.1 Å². The van der Waals surface area contributed by atoms with E-state index in [1.165, 1.54) is 0 Å². The molecule has 0 saturated carbocycles. The number of aryl methyl sites for hydroxylation is 1. The summed E-state index contributed by atoms with van der Waals surface area (Å²) < 4.78 is 2.18. The van der Waals surface area contributed by atoms with Gasteiger partial charge in [-0.1, -0.05) is 60.3 Å². The van der Waals surface area contributed by atoms with Gasteiger partial charge in [-0.2, -0.15) is 0 Å². The van der Waals surface area contributed by atoms with Crippen molar-refractivity contribution in [3.05, 3.63) is 78.5 Å². The van der Waals surface area contributed by atoms with Crippen LogP contribution in [0, 0.1) is 0 Å². The zero-order chi connectivity index (χ0) is 18.2. The van der Waals surface area contributed by atoms with Crippen molar-refractivity contribution in [2.45, 2.75) is 11.7 Å². The summed E-state index contributed by atoms with van der Waals surface area (Å²) in [5.41, 5.74) is 3.40. The van der Waals surface area contributed by atoms with E-state index in [2.05, 4.69) is 16.1 Å². The van der Waals surface area contributed by atoms with Crippen LogP contribution in [0.25, 0.3) is 22.0 Å². The van der Waals surface area contributed by atoms with E-state index in [1.54, 1.807) is 11.8 Å². The molecule has 0 spiro atoms. The number of imidazole rings is 1. The minimum absolute atomic E-state index is 0.105. The quantitative estimate of drug-likeness (QED) is 0.547. The summed E-state index contributed by atoms with van der Waals surface area (Å²) >= 11 is 1.78. The van der Waals surface area contributed by atoms with Crippen molar-refractivity contribution in [2.24, 2.45) is 0 Å². The molecule has 3 aromatic carbocycles. The summed E-state index contributed by atoms with van der Waals surface area (Å²) in [4.78, 5) is 17.5. The first kappa shape index (κ1) is 16.1. The third kappa shape index (κ3) is 3.00. The van der Waals surface area contributed by atoms with Crippen LogP contribution in [0.2, 0.25) is 0 Å². The molecular weight excluding hydrogens is 354 g/mol. The smallest absolute Gasteiger partial charge is 0.256 e. The highest BCUT2D eigenvalue weighted by molar-refractivity contribution is 7.99. The van der Waals surface area contributed by atoms with Gasteiger partial charge in [0.2, 0.25) is 0 Å². The third-order valence-electron chi connectivity index (χ3n) is 4.75. The average molecular weight is 371 g/mol. The molecule has 1 aromatic heterocycles. The Labute approximate surface area is 161 Å². The van der Waals surface area contributed by atoms with Crippen LogP contribution in [0.1, 0.15) is 10.4 Å². The number of hydrogen-bond acceptors (Lipinski definition) is 3. The van der Waals surface area contributed by atoms with Gasteiger partial charge in [-0.3, -0.25) is 4.79 Å². The topological polar surface area (TPSA) is 46.9 Å². The molecule has 1 aliphatic rings. The van der Waals surface area contributed by atoms with Gasteiger partial charge in [-0.05, 0) is 29.0 Å². The molecule has 27 heavy (non-hydrogen) atoms. The van der Waals surface area contributed by atoms with Gasteiger partial charge in [0, 0.05) is 35.3 Å². The van der Waals surface area contributed by atoms with E-state index in [-0.39, 0.29) is 5.91 Å². The van der Waals surface area contributed by atoms with Crippen LogP contribution in [0.4, 0.5) is 5.69 Å². The zero-order valence-electron chi connectivity index (χ0n) is 14.6. The first-order valence-electron chi connectivity index (χ1n) is 8.87. The predicted octanol–water partition coefficient (Wildman–Crippen LogP) is 5.06. The number of benzene rings is 3. The standard InChI is InChI=1S/C22H17N3OS/c26-21(19-10-4-6-15-5-1-2-9-18(15)19)23-17-8-3-7-16(13-17)20-14-25-11-12-27-22(25)24-20/h1-10,13-14H,11-12H2,(H,23,26). The van der Waals surface area contributed by atoms with Gasteiger partial charge in [-0.15, -0.1) is 0 Å². The van der Waals surface area contributed by atoms with E-state index in [1.807, 2.05) is 66.7 Å². The Bertz CT molecular complexity index is 1140. The number of amides is 1. The van der Waals surface area contributed by atoms with Gasteiger partial charge < -0.3 is 9.88 Å². The molecular formula is C22H17N3OS. The maximum Gasteiger partial charge on any atom is 0.256 e. The number of nitrogens with one attached hydrogen (secondary N) is 1. The number of nitrogens with zero attached hydrogens (tertiary/aromatic N) is 2. The Balaban J connectivity index is 1.44. The normalized spacial score (nSPS) is 12.9. The first-order valence-corrected chi connectivity index (χ1v) is 9.86. The highest BCUT2D eigenvalue weighted by atomic mass is 32.2. The minimum Gasteiger partial charge on any atom is -0.325 e. The molecule has 0 saturated heterocycles. The molecule has 0 atom stereocenters. The molecule has 5 rings (SSSR count). The van der Waals surface area contributed by atoms with Crippen LogP contribution in [0.3, 0.4) is 0 Å². The molecule has 0 unspecified atom stereocenters. The van der Waals surface area contributed by atoms with Crippen LogP contribution >= 0.6 is 11.8 Å². The summed E-state index contributed by atoms with van der Waals surface area (Å²) in [6.45, 7) is 1.00. The maximum atomic E-state index is 12.9. The van der Waals surface area contributed by atoms with Crippen LogP contribution in [0.15, 0.2) is 78.1 Å². The van der Waals surface area contributed by atoms with Crippen molar-refractivity contribution in [1.29, 1.82) is 0 Å². The monoisotopic (exact) mass is 371 g/mol. The van der Waals surface area contributed by atoms with Gasteiger partial charge >= 0.3 is 0 Å². The molecule has 1 amide bonds. The SMILES string of the molecule is O=C(Nc1cccc(-c2cn3c(n2)SCC3)c1)c1cccc2ccccc12. The Hall–Kier alpha value is -3.05. The van der Waals surface area contributed by atoms with Crippen molar-refractivity contribution in [2.75, 3.05) is 11.1 Å². The highest BCUT2D eigenvalue weighted by Crippen LogP contribution is 2.30. The lowest BCUT2D eigenvalue weighted by Crippen LogP contribution is -2.12. The van der Waals surface area contributed by atoms with Gasteiger partial charge in [0.15, 0.2) is 5.16 Å². The lowest BCUT2D eigenvalue weighted by atomic mass is 10.0. The van der Waals surface area contributed by atoms with Gasteiger partial charge in [-0.25, -0.2) is 4.98 Å². The van der Waals surface area contributed by atoms with Gasteiger partial charge in [0.05, 0.1) is 5.69 Å². The fourth-order valence-electron chi connectivity index (χ4n) is 3.43. The number of fused-ring (bicyclic) bond motifs is 2. The molecule has 1 N–H and O–H groups in total. The maximum absolute atomic E-state index is 12.9. The molecule has 5 heteroatoms. The van der Waals surface area contributed by atoms with E-state index in [0.29, 0.717) is 5.56 Å². The number of rotatable bonds is 3. The van der Waals surface area contributed by atoms with Crippen molar-refractivity contribution < 1.29 is 4.79 Å². The first-order chi connectivity index (χ1) is 13.3. The van der Waals surface area contributed by atoms with Crippen LogP contribution in [-0.4, -0.2) is 21.2 Å². The molecule has 4 nitrogen and oxygen atoms in total. The van der Waals surface area contributed by atoms with Crippen molar-refractivity contribution in [3.63, 3.8) is 0 Å². The largest absolute Gasteiger partial charge is 0.325 e. The van der Waals surface area contributed by atoms with Crippen LogP contribution < -0.4 is 5.32 Å². The summed E-state index contributed by atoms with van der Waals surface area (Å²) in [5.74, 6) is 0.982. The molecule has 0 aliphatic carbocycles. The minimum atomic E-state index is -0.105. The number of aromatic nitrogens is 2. The molecule has 1 aliphatic heterocycles. The average Bonchev–Trinajstić information content (AvgIpc) is 3.30. The summed E-state index contributed by atoms with van der Waals surface area (Å²) in [5, 5.41) is 6.11. The van der Waals surface area contributed by atoms with E-state index in [9.17, 15) is 4.79 Å². The second-order valence-electron chi connectivity index (χ2n) is 6.51. The van der Waals surface area contributed by atoms with Gasteiger partial charge in [0.25, 0.3) is 5.91 Å². The molecule has 2 heterocycles. The van der Waals surface area contributed by atoms with Gasteiger partial charge in [0.1, 0.15) is 0 Å². The van der Waals surface area contributed by atoms with E-state index >= 15 is 0 Å². The Morgan fingerprint density at radius 3 is 2.81 bits per heavy atom. The van der Waals surface area contributed by atoms with E-state index in [4.69, 9.17) is 4.98 Å². The molecule has 132 valence electrons. The molecule has 0 radical (unpaired) electrons. The lowest BCUT2D eigenvalue weighted by molar-refractivity contribution is 0.102. The van der Waals surface area contributed by atoms with E-state index < -0.39 is 0 Å². The number of anilines is 1. The fraction of sp³-hybridized carbons (Fsp3) is 0.0909. The highest BCUT2D eigenvalue weighted by Gasteiger charge is 2.16. The second-order valence-corrected chi connectivity index (χ2v) is 7.57. The molecule has 0 fully saturated rings. The van der Waals surface area contributed by atoms with Crippen LogP contribution in [-0.2, 0) is 6.54 Å². The Kier molecular flexibility index (Phi) is 3.94. The van der Waals surface area contributed by atoms with Crippen LogP contribution in [0.5, 0.6) is 0 Å². The summed E-state index contributed by atoms with van der Waals surface area (Å²) in [6.07, 6.45) is 2.08. The Morgan fingerprint density at radius 2 is 1.89 bits per heavy atom. The number of carbonyl (C=O) groups excluding carboxylic acids is 1. The van der Waals surface area contributed by atoms with Crippen molar-refractivity contribution in [1.82, 2.24) is 9.55 Å². The Morgan fingerprint density at radius 1 is 1.04 bits per heavy atom. The van der Waals surface area contributed by atoms with E-state index in [0.717, 1.165) is 45.2 Å². The molecule has 4 aromatic rings. The lowest BCUT2D eigenvalue weighted by Gasteiger charge is -2.09.